The lowest BCUT2D eigenvalue weighted by atomic mass is 9.80. The Kier molecular flexibility index (Phi) is 10.3. The fourth-order valence-electron chi connectivity index (χ4n) is 2.19. The van der Waals surface area contributed by atoms with Gasteiger partial charge in [0.05, 0.1) is 13.0 Å². The monoisotopic (exact) mass is 383 g/mol. The molecule has 1 amide bonds. The minimum Gasteiger partial charge on any atom is -0.465 e. The molecule has 0 heterocycles. The topological polar surface area (TPSA) is 81.7 Å². The standard InChI is InChI=1S/C21H37NO5/c1-15(2)10-9-11-17(23)26-14-21(7,8)16(3)19(25)22-13-12-18(24)27-20(4,5)6/h16H,1,9-14H2,2-8H3,(H,22,25)/t16-/m0/s1. The molecule has 6 nitrogen and oxygen atoms in total. The fourth-order valence-corrected chi connectivity index (χ4v) is 2.19. The third kappa shape index (κ3) is 12.2. The van der Waals surface area contributed by atoms with Crippen molar-refractivity contribution < 1.29 is 23.9 Å². The Balaban J connectivity index is 4.28. The molecule has 0 aliphatic rings. The van der Waals surface area contributed by atoms with Crippen molar-refractivity contribution in [2.45, 2.75) is 79.8 Å². The molecular weight excluding hydrogens is 346 g/mol. The maximum absolute atomic E-state index is 12.3. The van der Waals surface area contributed by atoms with Crippen molar-refractivity contribution in [2.75, 3.05) is 13.2 Å². The van der Waals surface area contributed by atoms with E-state index in [1.54, 1.807) is 27.7 Å². The molecule has 0 fully saturated rings. The van der Waals surface area contributed by atoms with Gasteiger partial charge >= 0.3 is 11.9 Å². The summed E-state index contributed by atoms with van der Waals surface area (Å²) in [6.45, 7) is 17.1. The minimum absolute atomic E-state index is 0.119. The largest absolute Gasteiger partial charge is 0.465 e. The number of nitrogens with one attached hydrogen (secondary N) is 1. The van der Waals surface area contributed by atoms with Gasteiger partial charge in [0.15, 0.2) is 0 Å². The SMILES string of the molecule is C=C(C)CCCC(=O)OCC(C)(C)[C@@H](C)C(=O)NCCC(=O)OC(C)(C)C. The number of carbonyl (C=O) groups is 3. The van der Waals surface area contributed by atoms with E-state index in [4.69, 9.17) is 9.47 Å². The van der Waals surface area contributed by atoms with Gasteiger partial charge in [-0.05, 0) is 40.5 Å². The number of rotatable bonds is 11. The molecule has 0 unspecified atom stereocenters. The highest BCUT2D eigenvalue weighted by atomic mass is 16.6. The summed E-state index contributed by atoms with van der Waals surface area (Å²) in [7, 11) is 0. The molecular formula is C21H37NO5. The van der Waals surface area contributed by atoms with Crippen LogP contribution in [0.2, 0.25) is 0 Å². The Labute approximate surface area is 164 Å². The van der Waals surface area contributed by atoms with Crippen LogP contribution in [0, 0.1) is 11.3 Å². The predicted octanol–water partition coefficient (Wildman–Crippen LogP) is 3.79. The van der Waals surface area contributed by atoms with Crippen molar-refractivity contribution in [1.82, 2.24) is 5.32 Å². The molecule has 1 atom stereocenters. The average molecular weight is 384 g/mol. The van der Waals surface area contributed by atoms with Crippen LogP contribution in [0.4, 0.5) is 0 Å². The molecule has 0 spiro atoms. The maximum Gasteiger partial charge on any atom is 0.308 e. The first kappa shape index (κ1) is 25.1. The van der Waals surface area contributed by atoms with E-state index in [2.05, 4.69) is 11.9 Å². The summed E-state index contributed by atoms with van der Waals surface area (Å²) in [5.41, 5.74) is -0.00947. The van der Waals surface area contributed by atoms with Crippen molar-refractivity contribution in [3.63, 3.8) is 0 Å². The van der Waals surface area contributed by atoms with E-state index in [1.807, 2.05) is 20.8 Å². The van der Waals surface area contributed by atoms with Crippen LogP contribution >= 0.6 is 0 Å². The van der Waals surface area contributed by atoms with Gasteiger partial charge in [0, 0.05) is 24.3 Å². The van der Waals surface area contributed by atoms with Crippen molar-refractivity contribution >= 4 is 17.8 Å². The lowest BCUT2D eigenvalue weighted by Crippen LogP contribution is -2.41. The normalized spacial score (nSPS) is 12.9. The first-order chi connectivity index (χ1) is 12.2. The van der Waals surface area contributed by atoms with Gasteiger partial charge in [0.25, 0.3) is 0 Å². The number of carbonyl (C=O) groups excluding carboxylic acids is 3. The molecule has 0 saturated carbocycles. The van der Waals surface area contributed by atoms with Gasteiger partial charge in [-0.3, -0.25) is 14.4 Å². The average Bonchev–Trinajstić information content (AvgIpc) is 2.50. The molecule has 27 heavy (non-hydrogen) atoms. The molecule has 0 aliphatic heterocycles. The van der Waals surface area contributed by atoms with Crippen LogP contribution in [0.1, 0.15) is 74.1 Å². The van der Waals surface area contributed by atoms with Crippen molar-refractivity contribution in [3.8, 4) is 0 Å². The number of esters is 2. The van der Waals surface area contributed by atoms with E-state index in [1.165, 1.54) is 0 Å². The third-order valence-electron chi connectivity index (χ3n) is 4.20. The summed E-state index contributed by atoms with van der Waals surface area (Å²) < 4.78 is 10.5. The minimum atomic E-state index is -0.537. The third-order valence-corrected chi connectivity index (χ3v) is 4.20. The van der Waals surface area contributed by atoms with E-state index < -0.39 is 11.0 Å². The summed E-state index contributed by atoms with van der Waals surface area (Å²) in [6.07, 6.45) is 1.98. The zero-order chi connectivity index (χ0) is 21.3. The Morgan fingerprint density at radius 1 is 1.00 bits per heavy atom. The van der Waals surface area contributed by atoms with Crippen LogP contribution in [0.3, 0.4) is 0 Å². The molecule has 0 aliphatic carbocycles. The van der Waals surface area contributed by atoms with Crippen molar-refractivity contribution in [1.29, 1.82) is 0 Å². The van der Waals surface area contributed by atoms with Crippen LogP contribution in [0.25, 0.3) is 0 Å². The Morgan fingerprint density at radius 3 is 2.11 bits per heavy atom. The van der Waals surface area contributed by atoms with Gasteiger partial charge in [-0.2, -0.15) is 0 Å². The number of ether oxygens (including phenoxy) is 2. The molecule has 0 aromatic carbocycles. The van der Waals surface area contributed by atoms with Gasteiger partial charge < -0.3 is 14.8 Å². The predicted molar refractivity (Wildman–Crippen MR) is 106 cm³/mol. The van der Waals surface area contributed by atoms with E-state index >= 15 is 0 Å². The van der Waals surface area contributed by atoms with Gasteiger partial charge in [-0.25, -0.2) is 0 Å². The summed E-state index contributed by atoms with van der Waals surface area (Å²) in [5, 5.41) is 2.75. The van der Waals surface area contributed by atoms with E-state index in [0.29, 0.717) is 6.42 Å². The van der Waals surface area contributed by atoms with Gasteiger partial charge in [0.2, 0.25) is 5.91 Å². The fraction of sp³-hybridized carbons (Fsp3) is 0.762. The summed E-state index contributed by atoms with van der Waals surface area (Å²) in [6, 6.07) is 0. The van der Waals surface area contributed by atoms with Crippen LogP contribution in [-0.2, 0) is 23.9 Å². The molecule has 0 aromatic rings. The van der Waals surface area contributed by atoms with E-state index in [0.717, 1.165) is 18.4 Å². The van der Waals surface area contributed by atoms with Crippen LogP contribution in [-0.4, -0.2) is 36.6 Å². The Morgan fingerprint density at radius 2 is 1.59 bits per heavy atom. The highest BCUT2D eigenvalue weighted by Crippen LogP contribution is 2.27. The molecule has 156 valence electrons. The molecule has 0 radical (unpaired) electrons. The van der Waals surface area contributed by atoms with Gasteiger partial charge in [-0.1, -0.05) is 26.3 Å². The number of amides is 1. The Bertz CT molecular complexity index is 531. The van der Waals surface area contributed by atoms with Crippen LogP contribution in [0.5, 0.6) is 0 Å². The second-order valence-corrected chi connectivity index (χ2v) is 8.81. The van der Waals surface area contributed by atoms with E-state index in [9.17, 15) is 14.4 Å². The zero-order valence-electron chi connectivity index (χ0n) is 18.1. The number of allylic oxidation sites excluding steroid dienone is 1. The highest BCUT2D eigenvalue weighted by molar-refractivity contribution is 5.80. The van der Waals surface area contributed by atoms with Crippen molar-refractivity contribution in [2.24, 2.45) is 11.3 Å². The molecule has 6 heteroatoms. The first-order valence-corrected chi connectivity index (χ1v) is 9.54. The number of hydrogen-bond acceptors (Lipinski definition) is 5. The van der Waals surface area contributed by atoms with Gasteiger partial charge in [-0.15, -0.1) is 6.58 Å². The van der Waals surface area contributed by atoms with E-state index in [-0.39, 0.29) is 43.3 Å². The highest BCUT2D eigenvalue weighted by Gasteiger charge is 2.32. The molecule has 0 rings (SSSR count). The van der Waals surface area contributed by atoms with Crippen LogP contribution in [0.15, 0.2) is 12.2 Å². The smallest absolute Gasteiger partial charge is 0.308 e. The lowest BCUT2D eigenvalue weighted by molar-refractivity contribution is -0.155. The second kappa shape index (κ2) is 11.1. The number of hydrogen-bond donors (Lipinski definition) is 1. The Hall–Kier alpha value is -1.85. The lowest BCUT2D eigenvalue weighted by Gasteiger charge is -2.30. The quantitative estimate of drug-likeness (QED) is 0.434. The van der Waals surface area contributed by atoms with Crippen LogP contribution < -0.4 is 5.32 Å². The maximum atomic E-state index is 12.3. The van der Waals surface area contributed by atoms with Crippen molar-refractivity contribution in [3.05, 3.63) is 12.2 Å². The summed E-state index contributed by atoms with van der Waals surface area (Å²) in [4.78, 5) is 35.8. The summed E-state index contributed by atoms with van der Waals surface area (Å²) >= 11 is 0. The molecule has 0 aromatic heterocycles. The molecule has 0 saturated heterocycles. The second-order valence-electron chi connectivity index (χ2n) is 8.81. The first-order valence-electron chi connectivity index (χ1n) is 9.54. The zero-order valence-corrected chi connectivity index (χ0v) is 18.1. The molecule has 0 bridgehead atoms. The van der Waals surface area contributed by atoms with Gasteiger partial charge in [0.1, 0.15) is 5.60 Å². The molecule has 1 N–H and O–H groups in total. The summed E-state index contributed by atoms with van der Waals surface area (Å²) in [5.74, 6) is -1.17.